The first-order valence-corrected chi connectivity index (χ1v) is 12.8. The molecule has 0 spiro atoms. The van der Waals surface area contributed by atoms with Crippen LogP contribution < -0.4 is 9.62 Å². The number of halogens is 3. The Morgan fingerprint density at radius 2 is 1.66 bits per heavy atom. The number of aliphatic carboxylic acids is 1. The summed E-state index contributed by atoms with van der Waals surface area (Å²) in [6, 6.07) is 12.0. The van der Waals surface area contributed by atoms with Crippen LogP contribution in [0.2, 0.25) is 0 Å². The predicted molar refractivity (Wildman–Crippen MR) is 133 cm³/mol. The summed E-state index contributed by atoms with van der Waals surface area (Å²) in [5.41, 5.74) is 2.05. The topological polar surface area (TPSA) is 151 Å². The maximum Gasteiger partial charge on any atom is 0.490 e. The summed E-state index contributed by atoms with van der Waals surface area (Å²) in [6.07, 6.45) is -4.60. The molecule has 1 fully saturated rings. The molecule has 2 aromatic rings. The minimum atomic E-state index is -5.08. The number of piperazine rings is 1. The molecule has 0 amide bonds. The quantitative estimate of drug-likeness (QED) is 0.466. The van der Waals surface area contributed by atoms with Crippen molar-refractivity contribution >= 4 is 33.3 Å². The second-order valence-electron chi connectivity index (χ2n) is 8.45. The number of aryl methyl sites for hydroxylation is 2. The van der Waals surface area contributed by atoms with Crippen LogP contribution in [-0.2, 0) is 14.8 Å². The van der Waals surface area contributed by atoms with Gasteiger partial charge in [-0.2, -0.15) is 18.4 Å². The standard InChI is InChI=1S/C22H26N4O4S.C2HF3O2/c1-16-4-5-17(2)21(14-16)31(29,30)24-20-7-6-18(15-19(20)22(27)28)26-12-10-25(11-13-26)9-3-8-23;3-2(4,5)1(6)7/h4-7,14-15,24H,3,9-13H2,1-2H3,(H,27,28);(H,6,7). The number of rotatable bonds is 7. The number of carboxylic acid groups (broad SMARTS) is 2. The molecule has 0 radical (unpaired) electrons. The van der Waals surface area contributed by atoms with Gasteiger partial charge in [0.1, 0.15) is 0 Å². The average Bonchev–Trinajstić information content (AvgIpc) is 2.84. The van der Waals surface area contributed by atoms with E-state index in [4.69, 9.17) is 15.2 Å². The molecule has 0 aliphatic carbocycles. The van der Waals surface area contributed by atoms with Crippen LogP contribution in [0.15, 0.2) is 41.3 Å². The normalized spacial score (nSPS) is 14.2. The minimum absolute atomic E-state index is 0.0322. The SMILES string of the molecule is Cc1ccc(C)c(S(=O)(=O)Nc2ccc(N3CCN(CCC#N)CC3)cc2C(=O)O)c1.O=C(O)C(F)(F)F. The van der Waals surface area contributed by atoms with Crippen molar-refractivity contribution in [3.63, 3.8) is 0 Å². The molecule has 2 aromatic carbocycles. The molecule has 1 saturated heterocycles. The van der Waals surface area contributed by atoms with E-state index < -0.39 is 28.1 Å². The molecular formula is C24H27F3N4O6S. The van der Waals surface area contributed by atoms with Gasteiger partial charge < -0.3 is 15.1 Å². The zero-order chi connectivity index (χ0) is 28.7. The minimum Gasteiger partial charge on any atom is -0.478 e. The fourth-order valence-corrected chi connectivity index (χ4v) is 5.04. The summed E-state index contributed by atoms with van der Waals surface area (Å²) in [5, 5.41) is 25.6. The number of nitrogens with zero attached hydrogens (tertiary/aromatic N) is 3. The number of anilines is 2. The lowest BCUT2D eigenvalue weighted by atomic mass is 10.1. The van der Waals surface area contributed by atoms with Crippen LogP contribution in [0, 0.1) is 25.2 Å². The Morgan fingerprint density at radius 3 is 2.18 bits per heavy atom. The number of aromatic carboxylic acids is 1. The molecule has 0 bridgehead atoms. The van der Waals surface area contributed by atoms with Crippen LogP contribution in [0.25, 0.3) is 0 Å². The van der Waals surface area contributed by atoms with Crippen molar-refractivity contribution in [2.24, 2.45) is 0 Å². The van der Waals surface area contributed by atoms with Gasteiger partial charge in [-0.05, 0) is 49.2 Å². The monoisotopic (exact) mass is 556 g/mol. The highest BCUT2D eigenvalue weighted by Gasteiger charge is 2.38. The smallest absolute Gasteiger partial charge is 0.478 e. The molecule has 3 N–H and O–H groups in total. The number of hydrogen-bond donors (Lipinski definition) is 3. The van der Waals surface area contributed by atoms with Crippen molar-refractivity contribution in [3.8, 4) is 6.07 Å². The summed E-state index contributed by atoms with van der Waals surface area (Å²) < 4.78 is 60.0. The number of carboxylic acids is 2. The Kier molecular flexibility index (Phi) is 10.1. The number of nitriles is 1. The summed E-state index contributed by atoms with van der Waals surface area (Å²) in [4.78, 5) is 25.2. The van der Waals surface area contributed by atoms with Crippen LogP contribution in [-0.4, -0.2) is 74.4 Å². The van der Waals surface area contributed by atoms with E-state index in [0.29, 0.717) is 25.1 Å². The van der Waals surface area contributed by atoms with E-state index in [0.717, 1.165) is 30.9 Å². The third kappa shape index (κ3) is 8.35. The second kappa shape index (κ2) is 12.6. The molecule has 1 heterocycles. The van der Waals surface area contributed by atoms with E-state index in [9.17, 15) is 31.5 Å². The van der Waals surface area contributed by atoms with Crippen molar-refractivity contribution in [1.82, 2.24) is 4.90 Å². The average molecular weight is 557 g/mol. The number of hydrogen-bond acceptors (Lipinski definition) is 7. The highest BCUT2D eigenvalue weighted by Crippen LogP contribution is 2.28. The molecule has 3 rings (SSSR count). The van der Waals surface area contributed by atoms with Gasteiger partial charge in [0, 0.05) is 44.8 Å². The van der Waals surface area contributed by atoms with Gasteiger partial charge >= 0.3 is 18.1 Å². The first kappa shape index (κ1) is 30.4. The molecule has 38 heavy (non-hydrogen) atoms. The fraction of sp³-hybridized carbons (Fsp3) is 0.375. The molecule has 0 saturated carbocycles. The second-order valence-corrected chi connectivity index (χ2v) is 10.1. The van der Waals surface area contributed by atoms with Crippen molar-refractivity contribution in [1.29, 1.82) is 5.26 Å². The molecule has 10 nitrogen and oxygen atoms in total. The summed E-state index contributed by atoms with van der Waals surface area (Å²) in [6.45, 7) is 7.21. The Bertz CT molecular complexity index is 1320. The van der Waals surface area contributed by atoms with Gasteiger partial charge in [0.2, 0.25) is 0 Å². The predicted octanol–water partition coefficient (Wildman–Crippen LogP) is 3.47. The van der Waals surface area contributed by atoms with Crippen molar-refractivity contribution in [3.05, 3.63) is 53.1 Å². The molecule has 206 valence electrons. The number of sulfonamides is 1. The van der Waals surface area contributed by atoms with E-state index in [1.165, 1.54) is 12.1 Å². The van der Waals surface area contributed by atoms with Crippen molar-refractivity contribution in [2.75, 3.05) is 42.3 Å². The largest absolute Gasteiger partial charge is 0.490 e. The number of nitrogens with one attached hydrogen (secondary N) is 1. The first-order chi connectivity index (χ1) is 17.7. The lowest BCUT2D eigenvalue weighted by Crippen LogP contribution is -2.46. The van der Waals surface area contributed by atoms with E-state index >= 15 is 0 Å². The van der Waals surface area contributed by atoms with Gasteiger partial charge in [0.05, 0.1) is 22.2 Å². The molecular weight excluding hydrogens is 529 g/mol. The molecule has 14 heteroatoms. The number of alkyl halides is 3. The van der Waals surface area contributed by atoms with Crippen molar-refractivity contribution in [2.45, 2.75) is 31.3 Å². The fourth-order valence-electron chi connectivity index (χ4n) is 3.63. The molecule has 0 aromatic heterocycles. The van der Waals surface area contributed by atoms with Gasteiger partial charge in [-0.25, -0.2) is 18.0 Å². The van der Waals surface area contributed by atoms with E-state index in [2.05, 4.69) is 20.6 Å². The van der Waals surface area contributed by atoms with Crippen LogP contribution in [0.1, 0.15) is 27.9 Å². The van der Waals surface area contributed by atoms with E-state index in [1.807, 2.05) is 6.07 Å². The lowest BCUT2D eigenvalue weighted by Gasteiger charge is -2.36. The highest BCUT2D eigenvalue weighted by atomic mass is 32.2. The Morgan fingerprint density at radius 1 is 1.05 bits per heavy atom. The first-order valence-electron chi connectivity index (χ1n) is 11.3. The molecule has 1 aliphatic heterocycles. The maximum atomic E-state index is 12.9. The van der Waals surface area contributed by atoms with Gasteiger partial charge in [0.15, 0.2) is 0 Å². The Hall–Kier alpha value is -3.83. The zero-order valence-corrected chi connectivity index (χ0v) is 21.4. The summed E-state index contributed by atoms with van der Waals surface area (Å²) >= 11 is 0. The van der Waals surface area contributed by atoms with E-state index in [-0.39, 0.29) is 16.1 Å². The Labute approximate surface area is 217 Å². The van der Waals surface area contributed by atoms with Crippen LogP contribution in [0.4, 0.5) is 24.5 Å². The zero-order valence-electron chi connectivity index (χ0n) is 20.6. The number of benzene rings is 2. The Balaban J connectivity index is 0.000000638. The molecule has 0 atom stereocenters. The maximum absolute atomic E-state index is 12.9. The van der Waals surface area contributed by atoms with Gasteiger partial charge in [-0.3, -0.25) is 9.62 Å². The number of carbonyl (C=O) groups is 2. The summed E-state index contributed by atoms with van der Waals surface area (Å²) in [7, 11) is -3.94. The third-order valence-corrected chi connectivity index (χ3v) is 7.14. The summed E-state index contributed by atoms with van der Waals surface area (Å²) in [5.74, 6) is -3.96. The highest BCUT2D eigenvalue weighted by molar-refractivity contribution is 7.92. The third-order valence-electron chi connectivity index (χ3n) is 5.63. The van der Waals surface area contributed by atoms with Crippen molar-refractivity contribution < 1.29 is 41.4 Å². The lowest BCUT2D eigenvalue weighted by molar-refractivity contribution is -0.192. The van der Waals surface area contributed by atoms with Crippen LogP contribution >= 0.6 is 0 Å². The molecule has 1 aliphatic rings. The van der Waals surface area contributed by atoms with Gasteiger partial charge in [-0.15, -0.1) is 0 Å². The van der Waals surface area contributed by atoms with Crippen LogP contribution in [0.5, 0.6) is 0 Å². The van der Waals surface area contributed by atoms with Gasteiger partial charge in [-0.1, -0.05) is 12.1 Å². The van der Waals surface area contributed by atoms with Crippen LogP contribution in [0.3, 0.4) is 0 Å². The van der Waals surface area contributed by atoms with E-state index in [1.54, 1.807) is 32.0 Å². The molecule has 0 unspecified atom stereocenters. The van der Waals surface area contributed by atoms with Gasteiger partial charge in [0.25, 0.3) is 10.0 Å².